The number of esters is 1. The van der Waals surface area contributed by atoms with Crippen LogP contribution < -0.4 is 0 Å². The summed E-state index contributed by atoms with van der Waals surface area (Å²) < 4.78 is 5.15. The van der Waals surface area contributed by atoms with Crippen LogP contribution in [0.4, 0.5) is 0 Å². The zero-order chi connectivity index (χ0) is 26.7. The van der Waals surface area contributed by atoms with Crippen molar-refractivity contribution in [1.29, 1.82) is 0 Å². The van der Waals surface area contributed by atoms with Gasteiger partial charge in [-0.05, 0) is 59.3 Å². The molecular weight excluding hydrogens is 464 g/mol. The van der Waals surface area contributed by atoms with E-state index in [4.69, 9.17) is 4.74 Å². The number of imide groups is 2. The molecule has 2 aliphatic heterocycles. The second kappa shape index (κ2) is 9.09. The van der Waals surface area contributed by atoms with Gasteiger partial charge in [-0.2, -0.15) is 0 Å². The number of carbonyl (C=O) groups is 6. The fourth-order valence-electron chi connectivity index (χ4n) is 6.62. The third-order valence-corrected chi connectivity index (χ3v) is 9.03. The van der Waals surface area contributed by atoms with Crippen LogP contribution in [-0.4, -0.2) is 66.4 Å². The Morgan fingerprint density at radius 1 is 0.750 bits per heavy atom. The topological polar surface area (TPSA) is 118 Å². The number of likely N-dealkylation sites (tertiary alicyclic amines) is 2. The van der Waals surface area contributed by atoms with Gasteiger partial charge in [0.15, 0.2) is 0 Å². The molecule has 4 aliphatic rings. The first kappa shape index (κ1) is 26.0. The molecule has 0 unspecified atom stereocenters. The van der Waals surface area contributed by atoms with Crippen molar-refractivity contribution in [3.8, 4) is 0 Å². The minimum Gasteiger partial charge on any atom is -0.468 e. The number of rotatable bonds is 6. The average molecular weight is 499 g/mol. The summed E-state index contributed by atoms with van der Waals surface area (Å²) in [5.41, 5.74) is 1.96. The molecule has 0 aromatic rings. The van der Waals surface area contributed by atoms with Gasteiger partial charge in [0.1, 0.15) is 11.2 Å². The molecule has 0 aromatic carbocycles. The number of hydrogen-bond acceptors (Lipinski definition) is 7. The van der Waals surface area contributed by atoms with Gasteiger partial charge in [0.2, 0.25) is 23.6 Å². The highest BCUT2D eigenvalue weighted by Gasteiger charge is 2.53. The largest absolute Gasteiger partial charge is 0.468 e. The van der Waals surface area contributed by atoms with Gasteiger partial charge in [-0.3, -0.25) is 38.6 Å². The predicted molar refractivity (Wildman–Crippen MR) is 128 cm³/mol. The number of Topliss-reactive ketones (excluding diaryl/α,β-unsaturated/α-hetero) is 1. The predicted octanol–water partition coefficient (Wildman–Crippen LogP) is 2.20. The molecular formula is C27H34N2O7. The number of ether oxygens (including phenoxy) is 1. The summed E-state index contributed by atoms with van der Waals surface area (Å²) in [7, 11) is 4.23. The fourth-order valence-corrected chi connectivity index (χ4v) is 6.62. The molecule has 2 fully saturated rings. The molecule has 0 aromatic heterocycles. The molecule has 0 N–H and O–H groups in total. The van der Waals surface area contributed by atoms with E-state index in [0.717, 1.165) is 22.3 Å². The lowest BCUT2D eigenvalue weighted by molar-refractivity contribution is -0.157. The zero-order valence-corrected chi connectivity index (χ0v) is 21.8. The molecule has 0 spiro atoms. The Kier molecular flexibility index (Phi) is 6.56. The van der Waals surface area contributed by atoms with Gasteiger partial charge in [0, 0.05) is 14.1 Å². The molecule has 4 amide bonds. The zero-order valence-electron chi connectivity index (χ0n) is 21.8. The summed E-state index contributed by atoms with van der Waals surface area (Å²) in [5.74, 6) is -3.62. The van der Waals surface area contributed by atoms with E-state index >= 15 is 0 Å². The van der Waals surface area contributed by atoms with Crippen molar-refractivity contribution in [2.24, 2.45) is 29.1 Å². The number of allylic oxidation sites excluding steroid dienone is 4. The first-order valence-corrected chi connectivity index (χ1v) is 12.4. The summed E-state index contributed by atoms with van der Waals surface area (Å²) in [5, 5.41) is 0. The molecule has 2 aliphatic carbocycles. The van der Waals surface area contributed by atoms with E-state index in [1.165, 1.54) is 37.9 Å². The van der Waals surface area contributed by atoms with Crippen LogP contribution in [0.1, 0.15) is 59.3 Å². The van der Waals surface area contributed by atoms with Crippen LogP contribution in [0.5, 0.6) is 0 Å². The Hall–Kier alpha value is -3.10. The van der Waals surface area contributed by atoms with Gasteiger partial charge >= 0.3 is 5.97 Å². The maximum Gasteiger partial charge on any atom is 0.320 e. The normalized spacial score (nSPS) is 28.7. The highest BCUT2D eigenvalue weighted by molar-refractivity contribution is 6.07. The SMILES string of the molecule is COC(=O)C(CC1=C(C)C[C@@H]2C(=O)N(C)C(=O)[C@@H]2C1)(CC1=C(C)C[C@@H]2C(=O)N(C)C(=O)[C@@H]2C1)C(C)=O. The Bertz CT molecular complexity index is 1070. The van der Waals surface area contributed by atoms with Crippen molar-refractivity contribution >= 4 is 35.4 Å². The third-order valence-electron chi connectivity index (χ3n) is 9.03. The van der Waals surface area contributed by atoms with Gasteiger partial charge in [-0.15, -0.1) is 0 Å². The van der Waals surface area contributed by atoms with E-state index in [1.807, 2.05) is 13.8 Å². The van der Waals surface area contributed by atoms with Crippen molar-refractivity contribution in [3.63, 3.8) is 0 Å². The molecule has 9 nitrogen and oxygen atoms in total. The van der Waals surface area contributed by atoms with E-state index in [1.54, 1.807) is 0 Å². The number of methoxy groups -OCH3 is 1. The minimum atomic E-state index is -1.52. The van der Waals surface area contributed by atoms with E-state index in [2.05, 4.69) is 0 Å². The van der Waals surface area contributed by atoms with Gasteiger partial charge in [-0.25, -0.2) is 0 Å². The van der Waals surface area contributed by atoms with Crippen molar-refractivity contribution < 1.29 is 33.5 Å². The van der Waals surface area contributed by atoms with Crippen LogP contribution in [0.2, 0.25) is 0 Å². The first-order chi connectivity index (χ1) is 16.8. The van der Waals surface area contributed by atoms with E-state index in [9.17, 15) is 28.8 Å². The van der Waals surface area contributed by atoms with Crippen molar-refractivity contribution in [3.05, 3.63) is 22.3 Å². The van der Waals surface area contributed by atoms with Crippen LogP contribution in [0.3, 0.4) is 0 Å². The van der Waals surface area contributed by atoms with Crippen LogP contribution in [-0.2, 0) is 33.5 Å². The minimum absolute atomic E-state index is 0.0902. The fraction of sp³-hybridized carbons (Fsp3) is 0.630. The molecule has 36 heavy (non-hydrogen) atoms. The standard InChI is InChI=1S/C27H34N2O7/c1-13-7-18-20(24(33)28(4)22(18)31)9-16(13)11-27(15(3)30,26(35)36-6)12-17-10-21-19(8-14(17)2)23(32)29(5)25(21)34/h18-21H,7-12H2,1-6H3/t18-,19-,20+,21+/m0/s1. The van der Waals surface area contributed by atoms with E-state index < -0.39 is 35.1 Å². The summed E-state index contributed by atoms with van der Waals surface area (Å²) >= 11 is 0. The maximum absolute atomic E-state index is 13.3. The van der Waals surface area contributed by atoms with Crippen molar-refractivity contribution in [2.75, 3.05) is 21.2 Å². The lowest BCUT2D eigenvalue weighted by atomic mass is 9.66. The second-order valence-electron chi connectivity index (χ2n) is 11.0. The van der Waals surface area contributed by atoms with Crippen molar-refractivity contribution in [2.45, 2.75) is 59.3 Å². The Morgan fingerprint density at radius 3 is 1.39 bits per heavy atom. The van der Waals surface area contributed by atoms with E-state index in [-0.39, 0.29) is 42.3 Å². The van der Waals surface area contributed by atoms with Gasteiger partial charge < -0.3 is 4.74 Å². The van der Waals surface area contributed by atoms with Crippen molar-refractivity contribution in [1.82, 2.24) is 9.80 Å². The van der Waals surface area contributed by atoms with Crippen LogP contribution in [0, 0.1) is 29.1 Å². The summed E-state index contributed by atoms with van der Waals surface area (Å²) in [6, 6.07) is 0. The Balaban J connectivity index is 1.68. The number of nitrogens with zero attached hydrogens (tertiary/aromatic N) is 2. The van der Waals surface area contributed by atoms with E-state index in [0.29, 0.717) is 25.7 Å². The average Bonchev–Trinajstić information content (AvgIpc) is 3.17. The maximum atomic E-state index is 13.3. The molecule has 0 bridgehead atoms. The molecule has 9 heteroatoms. The molecule has 4 atom stereocenters. The highest BCUT2D eigenvalue weighted by atomic mass is 16.5. The number of ketones is 1. The molecule has 0 radical (unpaired) electrons. The lowest BCUT2D eigenvalue weighted by Gasteiger charge is -2.36. The summed E-state index contributed by atoms with van der Waals surface area (Å²) in [6.07, 6.45) is 1.65. The number of amides is 4. The number of carbonyl (C=O) groups excluding carboxylic acids is 6. The number of hydrogen-bond donors (Lipinski definition) is 0. The second-order valence-corrected chi connectivity index (χ2v) is 11.0. The third kappa shape index (κ3) is 3.83. The summed E-state index contributed by atoms with van der Waals surface area (Å²) in [4.78, 5) is 79.2. The molecule has 0 saturated carbocycles. The van der Waals surface area contributed by atoms with Crippen LogP contribution >= 0.6 is 0 Å². The monoisotopic (exact) mass is 498 g/mol. The number of fused-ring (bicyclic) bond motifs is 2. The van der Waals surface area contributed by atoms with Crippen LogP contribution in [0.25, 0.3) is 0 Å². The smallest absolute Gasteiger partial charge is 0.320 e. The van der Waals surface area contributed by atoms with Gasteiger partial charge in [0.05, 0.1) is 30.8 Å². The molecule has 2 heterocycles. The van der Waals surface area contributed by atoms with Gasteiger partial charge in [-0.1, -0.05) is 22.3 Å². The molecule has 2 saturated heterocycles. The summed E-state index contributed by atoms with van der Waals surface area (Å²) in [6.45, 7) is 5.15. The Morgan fingerprint density at radius 2 is 1.08 bits per heavy atom. The molecule has 194 valence electrons. The van der Waals surface area contributed by atoms with Crippen LogP contribution in [0.15, 0.2) is 22.3 Å². The lowest BCUT2D eigenvalue weighted by Crippen LogP contribution is -2.41. The van der Waals surface area contributed by atoms with Gasteiger partial charge in [0.25, 0.3) is 0 Å². The quantitative estimate of drug-likeness (QED) is 0.238. The highest BCUT2D eigenvalue weighted by Crippen LogP contribution is 2.49. The molecule has 4 rings (SSSR count). The first-order valence-electron chi connectivity index (χ1n) is 12.4. The Labute approximate surface area is 210 Å².